The highest BCUT2D eigenvalue weighted by Crippen LogP contribution is 2.31. The Kier molecular flexibility index (Phi) is 4.78. The summed E-state index contributed by atoms with van der Waals surface area (Å²) >= 11 is 1.58. The van der Waals surface area contributed by atoms with Crippen LogP contribution in [0.2, 0.25) is 0 Å². The van der Waals surface area contributed by atoms with E-state index < -0.39 is 0 Å². The molecule has 3 aromatic heterocycles. The maximum Gasteiger partial charge on any atom is 0.224 e. The molecule has 0 radical (unpaired) electrons. The summed E-state index contributed by atoms with van der Waals surface area (Å²) in [4.78, 5) is 16.9. The first kappa shape index (κ1) is 18.2. The molecule has 0 aliphatic heterocycles. The van der Waals surface area contributed by atoms with Crippen LogP contribution in [-0.2, 0) is 17.8 Å². The number of fused-ring (bicyclic) bond motifs is 1. The first-order valence-electron chi connectivity index (χ1n) is 9.28. The molecule has 0 fully saturated rings. The fourth-order valence-corrected chi connectivity index (χ4v) is 3.97. The van der Waals surface area contributed by atoms with Crippen molar-refractivity contribution >= 4 is 27.5 Å². The maximum absolute atomic E-state index is 12.3. The summed E-state index contributed by atoms with van der Waals surface area (Å²) in [6.45, 7) is 0.326. The third-order valence-corrected chi connectivity index (χ3v) is 5.59. The van der Waals surface area contributed by atoms with Gasteiger partial charge in [-0.15, -0.1) is 16.4 Å². The van der Waals surface area contributed by atoms with Crippen molar-refractivity contribution in [3.8, 4) is 16.5 Å². The van der Waals surface area contributed by atoms with Crippen LogP contribution < -0.4 is 5.32 Å². The number of carbonyl (C=O) groups is 1. The van der Waals surface area contributed by atoms with Crippen molar-refractivity contribution in [3.05, 3.63) is 78.3 Å². The largest absolute Gasteiger partial charge is 0.457 e. The number of amides is 1. The third-order valence-electron chi connectivity index (χ3n) is 4.54. The summed E-state index contributed by atoms with van der Waals surface area (Å²) < 4.78 is 8.54. The van der Waals surface area contributed by atoms with E-state index in [4.69, 9.17) is 4.42 Å². The van der Waals surface area contributed by atoms with Crippen LogP contribution >= 0.6 is 11.3 Å². The maximum atomic E-state index is 12.3. The first-order chi connectivity index (χ1) is 14.7. The van der Waals surface area contributed by atoms with Crippen LogP contribution in [0.15, 0.2) is 71.4 Å². The summed E-state index contributed by atoms with van der Waals surface area (Å²) in [6, 6.07) is 19.2. The molecular formula is C21H16N6O2S. The molecule has 9 heteroatoms. The quantitative estimate of drug-likeness (QED) is 0.456. The number of hydrogen-bond acceptors (Lipinski definition) is 7. The van der Waals surface area contributed by atoms with Crippen LogP contribution in [0.4, 0.5) is 0 Å². The molecule has 5 rings (SSSR count). The topological polar surface area (TPSA) is 98.7 Å². The predicted molar refractivity (Wildman–Crippen MR) is 112 cm³/mol. The molecule has 0 unspecified atom stereocenters. The molecule has 5 aromatic rings. The van der Waals surface area contributed by atoms with Crippen molar-refractivity contribution in [1.29, 1.82) is 0 Å². The average molecular weight is 416 g/mol. The number of rotatable bonds is 6. The molecule has 1 N–H and O–H groups in total. The van der Waals surface area contributed by atoms with Gasteiger partial charge in [-0.1, -0.05) is 24.3 Å². The van der Waals surface area contributed by atoms with Crippen molar-refractivity contribution in [2.45, 2.75) is 13.0 Å². The zero-order valence-corrected chi connectivity index (χ0v) is 16.5. The van der Waals surface area contributed by atoms with Crippen molar-refractivity contribution in [3.63, 3.8) is 0 Å². The minimum atomic E-state index is -0.0805. The number of para-hydroxylation sites is 1. The van der Waals surface area contributed by atoms with Gasteiger partial charge in [0.1, 0.15) is 12.1 Å². The molecule has 0 spiro atoms. The monoisotopic (exact) mass is 416 g/mol. The Morgan fingerprint density at radius 2 is 1.93 bits per heavy atom. The minimum Gasteiger partial charge on any atom is -0.457 e. The molecule has 0 aliphatic rings. The van der Waals surface area contributed by atoms with Gasteiger partial charge in [0.15, 0.2) is 10.8 Å². The van der Waals surface area contributed by atoms with Gasteiger partial charge < -0.3 is 9.73 Å². The Morgan fingerprint density at radius 3 is 2.73 bits per heavy atom. The molecule has 2 aromatic carbocycles. The van der Waals surface area contributed by atoms with Crippen molar-refractivity contribution in [2.75, 3.05) is 0 Å². The predicted octanol–water partition coefficient (Wildman–Crippen LogP) is 3.39. The van der Waals surface area contributed by atoms with Crippen LogP contribution in [-0.4, -0.2) is 31.1 Å². The third kappa shape index (κ3) is 3.83. The molecule has 0 atom stereocenters. The number of carbonyl (C=O) groups excluding carboxylic acids is 1. The van der Waals surface area contributed by atoms with Crippen molar-refractivity contribution < 1.29 is 9.21 Å². The minimum absolute atomic E-state index is 0.0805. The second kappa shape index (κ2) is 7.88. The molecule has 8 nitrogen and oxygen atoms in total. The Bertz CT molecular complexity index is 1260. The lowest BCUT2D eigenvalue weighted by molar-refractivity contribution is -0.120. The Balaban J connectivity index is 1.19. The molecule has 0 aliphatic carbocycles. The molecule has 0 saturated heterocycles. The number of thiazole rings is 1. The van der Waals surface area contributed by atoms with E-state index in [0.717, 1.165) is 26.5 Å². The van der Waals surface area contributed by atoms with E-state index in [0.29, 0.717) is 18.1 Å². The summed E-state index contributed by atoms with van der Waals surface area (Å²) in [5.41, 5.74) is 2.69. The van der Waals surface area contributed by atoms with E-state index in [-0.39, 0.29) is 12.3 Å². The summed E-state index contributed by atoms with van der Waals surface area (Å²) in [5, 5.41) is 14.8. The lowest BCUT2D eigenvalue weighted by Gasteiger charge is -2.05. The Hall–Kier alpha value is -3.85. The highest BCUT2D eigenvalue weighted by atomic mass is 32.1. The molecule has 0 bridgehead atoms. The molecular weight excluding hydrogens is 400 g/mol. The summed E-state index contributed by atoms with van der Waals surface area (Å²) in [5.74, 6) is 1.31. The lowest BCUT2D eigenvalue weighted by atomic mass is 10.1. The summed E-state index contributed by atoms with van der Waals surface area (Å²) in [7, 11) is 0. The normalized spacial score (nSPS) is 11.1. The standard InChI is InChI=1S/C21H16N6O2S/c28-20(11-14-5-7-15(8-6-14)27-13-23-25-26-27)22-12-16-9-10-18(29-16)21-24-17-3-1-2-4-19(17)30-21/h1-10,13H,11-12H2,(H,22,28). The van der Waals surface area contributed by atoms with Gasteiger partial charge in [0, 0.05) is 0 Å². The molecule has 0 saturated carbocycles. The Labute approximate surface area is 175 Å². The van der Waals surface area contributed by atoms with E-state index in [1.165, 1.54) is 6.33 Å². The van der Waals surface area contributed by atoms with Gasteiger partial charge in [0.25, 0.3) is 0 Å². The van der Waals surface area contributed by atoms with Crippen LogP contribution in [0.3, 0.4) is 0 Å². The van der Waals surface area contributed by atoms with Gasteiger partial charge in [-0.25, -0.2) is 9.67 Å². The second-order valence-electron chi connectivity index (χ2n) is 6.63. The van der Waals surface area contributed by atoms with Crippen LogP contribution in [0, 0.1) is 0 Å². The van der Waals surface area contributed by atoms with Crippen LogP contribution in [0.1, 0.15) is 11.3 Å². The van der Waals surface area contributed by atoms with Gasteiger partial charge in [-0.05, 0) is 52.4 Å². The number of aromatic nitrogens is 5. The van der Waals surface area contributed by atoms with E-state index in [1.807, 2.05) is 60.7 Å². The number of hydrogen-bond donors (Lipinski definition) is 1. The molecule has 30 heavy (non-hydrogen) atoms. The van der Waals surface area contributed by atoms with E-state index in [2.05, 4.69) is 25.8 Å². The molecule has 1 amide bonds. The highest BCUT2D eigenvalue weighted by molar-refractivity contribution is 7.21. The van der Waals surface area contributed by atoms with Crippen LogP contribution in [0.5, 0.6) is 0 Å². The SMILES string of the molecule is O=C(Cc1ccc(-n2cnnn2)cc1)NCc1ccc(-c2nc3ccccc3s2)o1. The van der Waals surface area contributed by atoms with Crippen molar-refractivity contribution in [2.24, 2.45) is 0 Å². The van der Waals surface area contributed by atoms with Gasteiger partial charge in [0.05, 0.1) is 28.9 Å². The number of nitrogens with zero attached hydrogens (tertiary/aromatic N) is 5. The summed E-state index contributed by atoms with van der Waals surface area (Å²) in [6.07, 6.45) is 1.80. The van der Waals surface area contributed by atoms with E-state index in [1.54, 1.807) is 16.0 Å². The van der Waals surface area contributed by atoms with Crippen molar-refractivity contribution in [1.82, 2.24) is 30.5 Å². The van der Waals surface area contributed by atoms with Gasteiger partial charge in [-0.2, -0.15) is 0 Å². The molecule has 148 valence electrons. The highest BCUT2D eigenvalue weighted by Gasteiger charge is 2.11. The van der Waals surface area contributed by atoms with E-state index in [9.17, 15) is 4.79 Å². The van der Waals surface area contributed by atoms with Gasteiger partial charge in [-0.3, -0.25) is 4.79 Å². The first-order valence-corrected chi connectivity index (χ1v) is 10.1. The lowest BCUT2D eigenvalue weighted by Crippen LogP contribution is -2.24. The molecule has 3 heterocycles. The van der Waals surface area contributed by atoms with Crippen LogP contribution in [0.25, 0.3) is 26.7 Å². The van der Waals surface area contributed by atoms with Gasteiger partial charge >= 0.3 is 0 Å². The smallest absolute Gasteiger partial charge is 0.224 e. The Morgan fingerprint density at radius 1 is 1.07 bits per heavy atom. The van der Waals surface area contributed by atoms with E-state index >= 15 is 0 Å². The second-order valence-corrected chi connectivity index (χ2v) is 7.66. The zero-order valence-electron chi connectivity index (χ0n) is 15.7. The number of benzene rings is 2. The number of tetrazole rings is 1. The fraction of sp³-hybridized carbons (Fsp3) is 0.0952. The average Bonchev–Trinajstić information content (AvgIpc) is 3.53. The van der Waals surface area contributed by atoms with Gasteiger partial charge in [0.2, 0.25) is 5.91 Å². The zero-order chi connectivity index (χ0) is 20.3. The fourth-order valence-electron chi connectivity index (χ4n) is 3.05. The number of nitrogens with one attached hydrogen (secondary N) is 1. The number of furan rings is 1.